The molecule has 1 aromatic rings. The molecule has 1 aromatic carbocycles. The molecule has 0 spiro atoms. The van der Waals surface area contributed by atoms with E-state index in [-0.39, 0.29) is 28.9 Å². The first-order valence-corrected chi connectivity index (χ1v) is 6.20. The van der Waals surface area contributed by atoms with Crippen LogP contribution in [0.25, 0.3) is 6.08 Å². The molecule has 0 saturated heterocycles. The number of methoxy groups -OCH3 is 2. The number of aromatic hydroxyl groups is 1. The summed E-state index contributed by atoms with van der Waals surface area (Å²) in [5.41, 5.74) is 0.317. The van der Waals surface area contributed by atoms with Gasteiger partial charge in [-0.05, 0) is 37.6 Å². The molecule has 0 atom stereocenters. The Morgan fingerprint density at radius 3 is 2.19 bits per heavy atom. The molecule has 1 N–H and O–H groups in total. The third-order valence-corrected chi connectivity index (χ3v) is 2.50. The largest absolute Gasteiger partial charge is 0.502 e. The fourth-order valence-electron chi connectivity index (χ4n) is 1.58. The Labute approximate surface area is 123 Å². The van der Waals surface area contributed by atoms with Crippen LogP contribution in [0.1, 0.15) is 19.4 Å². The number of benzene rings is 1. The predicted octanol–water partition coefficient (Wildman–Crippen LogP) is 2.27. The van der Waals surface area contributed by atoms with Crippen LogP contribution in [0.2, 0.25) is 0 Å². The van der Waals surface area contributed by atoms with Crippen LogP contribution in [-0.4, -0.2) is 31.4 Å². The van der Waals surface area contributed by atoms with E-state index in [0.717, 1.165) is 0 Å². The lowest BCUT2D eigenvalue weighted by Gasteiger charge is -2.10. The molecule has 0 bridgehead atoms. The maximum atomic E-state index is 11.7. The van der Waals surface area contributed by atoms with Crippen LogP contribution in [0.4, 0.5) is 0 Å². The van der Waals surface area contributed by atoms with Gasteiger partial charge in [0.1, 0.15) is 11.6 Å². The van der Waals surface area contributed by atoms with Gasteiger partial charge in [-0.3, -0.25) is 0 Å². The van der Waals surface area contributed by atoms with Gasteiger partial charge >= 0.3 is 5.97 Å². The summed E-state index contributed by atoms with van der Waals surface area (Å²) in [5, 5.41) is 18.9. The number of nitriles is 1. The van der Waals surface area contributed by atoms with Gasteiger partial charge in [-0.2, -0.15) is 5.26 Å². The maximum absolute atomic E-state index is 11.7. The molecule has 21 heavy (non-hydrogen) atoms. The molecule has 112 valence electrons. The SMILES string of the molecule is COc1cc(/C=C(\C#N)C(=O)OC(C)C)cc(OC)c1O. The Kier molecular flexibility index (Phi) is 5.61. The number of phenolic OH excluding ortho intramolecular Hbond substituents is 1. The van der Waals surface area contributed by atoms with E-state index in [1.54, 1.807) is 19.9 Å². The highest BCUT2D eigenvalue weighted by Gasteiger charge is 2.15. The van der Waals surface area contributed by atoms with Crippen molar-refractivity contribution in [3.8, 4) is 23.3 Å². The monoisotopic (exact) mass is 291 g/mol. The number of carbonyl (C=O) groups is 1. The molecule has 0 amide bonds. The zero-order valence-corrected chi connectivity index (χ0v) is 12.3. The van der Waals surface area contributed by atoms with Crippen LogP contribution in [0, 0.1) is 11.3 Å². The maximum Gasteiger partial charge on any atom is 0.349 e. The smallest absolute Gasteiger partial charge is 0.349 e. The molecule has 0 aliphatic heterocycles. The fourth-order valence-corrected chi connectivity index (χ4v) is 1.58. The van der Waals surface area contributed by atoms with Crippen molar-refractivity contribution in [2.45, 2.75) is 20.0 Å². The third-order valence-electron chi connectivity index (χ3n) is 2.50. The standard InChI is InChI=1S/C15H17NO5/c1-9(2)21-15(18)11(8-16)5-10-6-12(19-3)14(17)13(7-10)20-4/h5-7,9,17H,1-4H3/b11-5+. The molecule has 0 radical (unpaired) electrons. The number of esters is 1. The summed E-state index contributed by atoms with van der Waals surface area (Å²) in [6.07, 6.45) is 1.02. The van der Waals surface area contributed by atoms with Crippen molar-refractivity contribution in [3.05, 3.63) is 23.3 Å². The van der Waals surface area contributed by atoms with E-state index in [1.165, 1.54) is 32.4 Å². The van der Waals surface area contributed by atoms with Crippen LogP contribution in [0.3, 0.4) is 0 Å². The molecule has 6 nitrogen and oxygen atoms in total. The number of nitrogens with zero attached hydrogens (tertiary/aromatic N) is 1. The van der Waals surface area contributed by atoms with Gasteiger partial charge in [0.05, 0.1) is 20.3 Å². The van der Waals surface area contributed by atoms with Gasteiger partial charge < -0.3 is 19.3 Å². The molecule has 0 heterocycles. The molecule has 1 rings (SSSR count). The van der Waals surface area contributed by atoms with Crippen molar-refractivity contribution >= 4 is 12.0 Å². The Balaban J connectivity index is 3.23. The van der Waals surface area contributed by atoms with Crippen molar-refractivity contribution < 1.29 is 24.1 Å². The minimum absolute atomic E-state index is 0.152. The van der Waals surface area contributed by atoms with Gasteiger partial charge in [0.25, 0.3) is 0 Å². The summed E-state index contributed by atoms with van der Waals surface area (Å²) >= 11 is 0. The zero-order chi connectivity index (χ0) is 16.0. The lowest BCUT2D eigenvalue weighted by molar-refractivity contribution is -0.142. The molecular weight excluding hydrogens is 274 g/mol. The average Bonchev–Trinajstić information content (AvgIpc) is 2.44. The second kappa shape index (κ2) is 7.20. The lowest BCUT2D eigenvalue weighted by Crippen LogP contribution is -2.12. The van der Waals surface area contributed by atoms with Crippen molar-refractivity contribution in [2.24, 2.45) is 0 Å². The highest BCUT2D eigenvalue weighted by atomic mass is 16.5. The highest BCUT2D eigenvalue weighted by Crippen LogP contribution is 2.37. The number of hydrogen-bond donors (Lipinski definition) is 1. The van der Waals surface area contributed by atoms with Gasteiger partial charge in [0.2, 0.25) is 5.75 Å². The van der Waals surface area contributed by atoms with E-state index in [9.17, 15) is 9.90 Å². The van der Waals surface area contributed by atoms with Gasteiger partial charge in [-0.25, -0.2) is 4.79 Å². The number of phenols is 1. The van der Waals surface area contributed by atoms with Gasteiger partial charge in [-0.1, -0.05) is 0 Å². The number of carbonyl (C=O) groups excluding carboxylic acids is 1. The first-order valence-electron chi connectivity index (χ1n) is 6.20. The van der Waals surface area contributed by atoms with E-state index in [0.29, 0.717) is 5.56 Å². The Bertz CT molecular complexity index is 574. The molecule has 6 heteroatoms. The number of rotatable bonds is 5. The van der Waals surface area contributed by atoms with Crippen LogP contribution in [-0.2, 0) is 9.53 Å². The second-order valence-corrected chi connectivity index (χ2v) is 4.40. The first kappa shape index (κ1) is 16.4. The minimum Gasteiger partial charge on any atom is -0.502 e. The van der Waals surface area contributed by atoms with Crippen molar-refractivity contribution in [2.75, 3.05) is 14.2 Å². The predicted molar refractivity (Wildman–Crippen MR) is 76.0 cm³/mol. The number of ether oxygens (including phenoxy) is 3. The summed E-state index contributed by atoms with van der Waals surface area (Å²) in [4.78, 5) is 11.7. The Morgan fingerprint density at radius 2 is 1.81 bits per heavy atom. The molecule has 0 aromatic heterocycles. The van der Waals surface area contributed by atoms with Crippen molar-refractivity contribution in [1.29, 1.82) is 5.26 Å². The minimum atomic E-state index is -0.710. The molecule has 0 aliphatic rings. The molecule has 0 saturated carbocycles. The van der Waals surface area contributed by atoms with Crippen LogP contribution in [0.15, 0.2) is 17.7 Å². The molecular formula is C15H17NO5. The average molecular weight is 291 g/mol. The molecule has 0 unspecified atom stereocenters. The van der Waals surface area contributed by atoms with Crippen molar-refractivity contribution in [3.63, 3.8) is 0 Å². The lowest BCUT2D eigenvalue weighted by atomic mass is 10.1. The second-order valence-electron chi connectivity index (χ2n) is 4.40. The summed E-state index contributed by atoms with van der Waals surface area (Å²) in [6, 6.07) is 4.76. The number of hydrogen-bond acceptors (Lipinski definition) is 6. The first-order chi connectivity index (χ1) is 9.92. The van der Waals surface area contributed by atoms with Crippen molar-refractivity contribution in [1.82, 2.24) is 0 Å². The zero-order valence-electron chi connectivity index (χ0n) is 12.3. The van der Waals surface area contributed by atoms with Gasteiger partial charge in [0, 0.05) is 0 Å². The van der Waals surface area contributed by atoms with Crippen LogP contribution < -0.4 is 9.47 Å². The van der Waals surface area contributed by atoms with E-state index < -0.39 is 5.97 Å². The van der Waals surface area contributed by atoms with E-state index in [4.69, 9.17) is 19.5 Å². The topological polar surface area (TPSA) is 88.8 Å². The normalized spacial score (nSPS) is 11.0. The van der Waals surface area contributed by atoms with E-state index in [1.807, 2.05) is 0 Å². The summed E-state index contributed by atoms with van der Waals surface area (Å²) in [5.74, 6) is -0.510. The van der Waals surface area contributed by atoms with E-state index >= 15 is 0 Å². The summed E-state index contributed by atoms with van der Waals surface area (Å²) in [6.45, 7) is 3.39. The highest BCUT2D eigenvalue weighted by molar-refractivity contribution is 5.98. The summed E-state index contributed by atoms with van der Waals surface area (Å²) in [7, 11) is 2.78. The van der Waals surface area contributed by atoms with Crippen LogP contribution >= 0.6 is 0 Å². The summed E-state index contributed by atoms with van der Waals surface area (Å²) < 4.78 is 15.0. The molecule has 0 aliphatic carbocycles. The van der Waals surface area contributed by atoms with E-state index in [2.05, 4.69) is 0 Å². The van der Waals surface area contributed by atoms with Gasteiger partial charge in [-0.15, -0.1) is 0 Å². The van der Waals surface area contributed by atoms with Gasteiger partial charge in [0.15, 0.2) is 11.5 Å². The quantitative estimate of drug-likeness (QED) is 0.508. The molecule has 0 fully saturated rings. The fraction of sp³-hybridized carbons (Fsp3) is 0.333. The third kappa shape index (κ3) is 4.14. The Hall–Kier alpha value is -2.68. The Morgan fingerprint density at radius 1 is 1.29 bits per heavy atom. The van der Waals surface area contributed by atoms with Crippen LogP contribution in [0.5, 0.6) is 17.2 Å².